The highest BCUT2D eigenvalue weighted by Crippen LogP contribution is 2.42. The summed E-state index contributed by atoms with van der Waals surface area (Å²) in [4.78, 5) is 2.69. The van der Waals surface area contributed by atoms with Gasteiger partial charge in [0.15, 0.2) is 0 Å². The van der Waals surface area contributed by atoms with Gasteiger partial charge in [-0.05, 0) is 116 Å². The van der Waals surface area contributed by atoms with Crippen LogP contribution in [0, 0.1) is 13.8 Å². The van der Waals surface area contributed by atoms with E-state index in [1.165, 1.54) is 96.7 Å². The molecular weight excluding hydrogens is 641 g/mol. The van der Waals surface area contributed by atoms with Crippen molar-refractivity contribution in [3.05, 3.63) is 181 Å². The summed E-state index contributed by atoms with van der Waals surface area (Å²) in [6, 6.07) is 47.3. The Morgan fingerprint density at radius 2 is 1.26 bits per heavy atom. The fourth-order valence-corrected chi connectivity index (χ4v) is 9.47. The Morgan fingerprint density at radius 1 is 0.640 bits per heavy atom. The summed E-state index contributed by atoms with van der Waals surface area (Å²) < 4.78 is 1.33. The standard InChI is InChI=1S/C48H38S2/c1-5-10-34(11-6-2)36-16-14-33(15-17-36)30-49-48-31(3)28-44-39(32(48)4)22-23-40-41-26-27-46-45(43(41)25-24-42(40)44)29-47(50-46)38-20-18-37(19-21-38)35-12-8-7-9-13-35/h5-29H,1,30H2,2-4H3/b11-6-,34-10+. The molecule has 242 valence electrons. The average molecular weight is 679 g/mol. The molecule has 0 aliphatic heterocycles. The van der Waals surface area contributed by atoms with Gasteiger partial charge in [-0.25, -0.2) is 0 Å². The second-order valence-corrected chi connectivity index (χ2v) is 15.0. The number of aryl methyl sites for hydroxylation is 2. The Morgan fingerprint density at radius 3 is 1.96 bits per heavy atom. The van der Waals surface area contributed by atoms with Gasteiger partial charge in [0.2, 0.25) is 0 Å². The molecule has 8 aromatic rings. The Balaban J connectivity index is 1.10. The van der Waals surface area contributed by atoms with Gasteiger partial charge in [0.1, 0.15) is 0 Å². The number of hydrogen-bond acceptors (Lipinski definition) is 2. The molecular formula is C48H38S2. The molecule has 0 spiro atoms. The van der Waals surface area contributed by atoms with Crippen molar-refractivity contribution in [1.82, 2.24) is 0 Å². The zero-order valence-electron chi connectivity index (χ0n) is 28.7. The van der Waals surface area contributed by atoms with Crippen LogP contribution in [-0.4, -0.2) is 0 Å². The maximum Gasteiger partial charge on any atom is 0.0355 e. The van der Waals surface area contributed by atoms with Crippen molar-refractivity contribution in [3.8, 4) is 21.6 Å². The van der Waals surface area contributed by atoms with Gasteiger partial charge in [-0.2, -0.15) is 0 Å². The van der Waals surface area contributed by atoms with Crippen LogP contribution in [0.4, 0.5) is 0 Å². The SMILES string of the molecule is C=C/C=C(\C=C/C)c1ccc(CSc2c(C)cc3c(ccc4c3ccc3c5cc(-c6ccc(-c7ccccc7)cc6)sc5ccc34)c2C)cc1. The second kappa shape index (κ2) is 13.6. The summed E-state index contributed by atoms with van der Waals surface area (Å²) >= 11 is 3.82. The highest BCUT2D eigenvalue weighted by atomic mass is 32.2. The molecule has 0 aliphatic rings. The van der Waals surface area contributed by atoms with E-state index in [0.29, 0.717) is 0 Å². The molecule has 1 aromatic heterocycles. The Bertz CT molecular complexity index is 2600. The van der Waals surface area contributed by atoms with Crippen LogP contribution in [0.2, 0.25) is 0 Å². The van der Waals surface area contributed by atoms with Crippen molar-refractivity contribution in [2.75, 3.05) is 0 Å². The number of fused-ring (bicyclic) bond motifs is 7. The number of thioether (sulfide) groups is 1. The van der Waals surface area contributed by atoms with Crippen molar-refractivity contribution in [2.45, 2.75) is 31.4 Å². The second-order valence-electron chi connectivity index (χ2n) is 12.9. The highest BCUT2D eigenvalue weighted by Gasteiger charge is 2.15. The van der Waals surface area contributed by atoms with Gasteiger partial charge in [-0.1, -0.05) is 140 Å². The normalized spacial score (nSPS) is 12.2. The van der Waals surface area contributed by atoms with Gasteiger partial charge in [-0.15, -0.1) is 23.1 Å². The molecule has 0 N–H and O–H groups in total. The van der Waals surface area contributed by atoms with Crippen LogP contribution < -0.4 is 0 Å². The maximum absolute atomic E-state index is 3.87. The molecule has 0 atom stereocenters. The Labute approximate surface area is 303 Å². The van der Waals surface area contributed by atoms with Gasteiger partial charge in [-0.3, -0.25) is 0 Å². The van der Waals surface area contributed by atoms with Crippen LogP contribution >= 0.6 is 23.1 Å². The molecule has 8 rings (SSSR count). The predicted molar refractivity (Wildman–Crippen MR) is 224 cm³/mol. The largest absolute Gasteiger partial charge is 0.135 e. The van der Waals surface area contributed by atoms with E-state index in [1.54, 1.807) is 0 Å². The van der Waals surface area contributed by atoms with Crippen LogP contribution in [0.5, 0.6) is 0 Å². The third-order valence-electron chi connectivity index (χ3n) is 9.79. The maximum atomic E-state index is 3.87. The molecule has 0 radical (unpaired) electrons. The summed E-state index contributed by atoms with van der Waals surface area (Å²) in [6.07, 6.45) is 8.11. The molecule has 0 amide bonds. The van der Waals surface area contributed by atoms with Gasteiger partial charge >= 0.3 is 0 Å². The van der Waals surface area contributed by atoms with Gasteiger partial charge in [0, 0.05) is 25.6 Å². The average Bonchev–Trinajstić information content (AvgIpc) is 3.60. The minimum Gasteiger partial charge on any atom is -0.135 e. The summed E-state index contributed by atoms with van der Waals surface area (Å²) in [7, 11) is 0. The lowest BCUT2D eigenvalue weighted by molar-refractivity contribution is 1.24. The van der Waals surface area contributed by atoms with Crippen molar-refractivity contribution in [3.63, 3.8) is 0 Å². The number of thiophene rings is 1. The van der Waals surface area contributed by atoms with Crippen molar-refractivity contribution in [2.24, 2.45) is 0 Å². The summed E-state index contributed by atoms with van der Waals surface area (Å²) in [5.41, 5.74) is 10.2. The van der Waals surface area contributed by atoms with Crippen molar-refractivity contribution in [1.29, 1.82) is 0 Å². The number of hydrogen-bond donors (Lipinski definition) is 0. The Hall–Kier alpha value is -5.15. The molecule has 1 heterocycles. The number of rotatable bonds is 8. The lowest BCUT2D eigenvalue weighted by atomic mass is 9.93. The van der Waals surface area contributed by atoms with E-state index >= 15 is 0 Å². The van der Waals surface area contributed by atoms with E-state index in [0.717, 1.165) is 5.75 Å². The van der Waals surface area contributed by atoms with E-state index in [-0.39, 0.29) is 0 Å². The van der Waals surface area contributed by atoms with Gasteiger partial charge in [0.05, 0.1) is 0 Å². The van der Waals surface area contributed by atoms with E-state index in [1.807, 2.05) is 36.1 Å². The van der Waals surface area contributed by atoms with Gasteiger partial charge < -0.3 is 0 Å². The zero-order valence-corrected chi connectivity index (χ0v) is 30.3. The van der Waals surface area contributed by atoms with Crippen molar-refractivity contribution >= 4 is 71.1 Å². The van der Waals surface area contributed by atoms with Crippen LogP contribution in [0.3, 0.4) is 0 Å². The molecule has 2 heteroatoms. The molecule has 0 bridgehead atoms. The zero-order chi connectivity index (χ0) is 34.2. The topological polar surface area (TPSA) is 0 Å². The first-order chi connectivity index (χ1) is 24.5. The summed E-state index contributed by atoms with van der Waals surface area (Å²) in [5, 5.41) is 9.29. The quantitative estimate of drug-likeness (QED) is 0.0876. The fourth-order valence-electron chi connectivity index (χ4n) is 7.27. The Kier molecular flexibility index (Phi) is 8.75. The summed E-state index contributed by atoms with van der Waals surface area (Å²) in [6.45, 7) is 10.5. The molecule has 7 aromatic carbocycles. The minimum atomic E-state index is 0.936. The number of allylic oxidation sites excluding steroid dienone is 5. The molecule has 0 aliphatic carbocycles. The molecule has 0 saturated heterocycles. The molecule has 0 saturated carbocycles. The number of benzene rings is 7. The lowest BCUT2D eigenvalue weighted by Gasteiger charge is -2.16. The molecule has 0 nitrogen and oxygen atoms in total. The predicted octanol–water partition coefficient (Wildman–Crippen LogP) is 14.7. The fraction of sp³-hybridized carbons (Fsp3) is 0.0833. The third-order valence-corrected chi connectivity index (χ3v) is 12.3. The van der Waals surface area contributed by atoms with Crippen LogP contribution in [0.25, 0.3) is 69.5 Å². The van der Waals surface area contributed by atoms with Crippen LogP contribution in [-0.2, 0) is 5.75 Å². The highest BCUT2D eigenvalue weighted by molar-refractivity contribution is 7.98. The van der Waals surface area contributed by atoms with E-state index < -0.39 is 0 Å². The molecule has 0 fully saturated rings. The summed E-state index contributed by atoms with van der Waals surface area (Å²) in [5.74, 6) is 0.936. The first-order valence-corrected chi connectivity index (χ1v) is 19.0. The van der Waals surface area contributed by atoms with Crippen LogP contribution in [0.15, 0.2) is 163 Å². The lowest BCUT2D eigenvalue weighted by Crippen LogP contribution is -1.91. The third kappa shape index (κ3) is 5.89. The smallest absolute Gasteiger partial charge is 0.0355 e. The van der Waals surface area contributed by atoms with Gasteiger partial charge in [0.25, 0.3) is 0 Å². The van der Waals surface area contributed by atoms with E-state index in [9.17, 15) is 0 Å². The van der Waals surface area contributed by atoms with Crippen molar-refractivity contribution < 1.29 is 0 Å². The first kappa shape index (κ1) is 32.1. The minimum absolute atomic E-state index is 0.936. The van der Waals surface area contributed by atoms with E-state index in [4.69, 9.17) is 0 Å². The first-order valence-electron chi connectivity index (χ1n) is 17.2. The molecule has 0 unspecified atom stereocenters. The molecule has 50 heavy (non-hydrogen) atoms. The van der Waals surface area contributed by atoms with Crippen LogP contribution in [0.1, 0.15) is 29.2 Å². The monoisotopic (exact) mass is 678 g/mol. The van der Waals surface area contributed by atoms with E-state index in [2.05, 4.69) is 166 Å².